The van der Waals surface area contributed by atoms with Gasteiger partial charge in [0.15, 0.2) is 0 Å². The van der Waals surface area contributed by atoms with Gasteiger partial charge in [0.25, 0.3) is 0 Å². The lowest BCUT2D eigenvalue weighted by Gasteiger charge is -2.00. The standard InChI is InChI=1S/C12H9NS/c13-7-11-6-10(8-1-2-8)5-9-3-4-14-12(9)11/h3-6,8H,1-2H2. The number of hydrogen-bond acceptors (Lipinski definition) is 2. The predicted octanol–water partition coefficient (Wildman–Crippen LogP) is 3.65. The van der Waals surface area contributed by atoms with Crippen molar-refractivity contribution in [3.05, 3.63) is 34.7 Å². The fourth-order valence-corrected chi connectivity index (χ4v) is 2.69. The second-order valence-corrected chi connectivity index (χ2v) is 4.71. The smallest absolute Gasteiger partial charge is 0.101 e. The van der Waals surface area contributed by atoms with Crippen molar-refractivity contribution in [2.24, 2.45) is 0 Å². The first-order valence-electron chi connectivity index (χ1n) is 4.80. The molecule has 0 amide bonds. The molecule has 1 saturated carbocycles. The number of thiophene rings is 1. The Morgan fingerprint density at radius 1 is 1.36 bits per heavy atom. The van der Waals surface area contributed by atoms with Gasteiger partial charge in [-0.15, -0.1) is 11.3 Å². The largest absolute Gasteiger partial charge is 0.192 e. The van der Waals surface area contributed by atoms with Gasteiger partial charge in [0.1, 0.15) is 6.07 Å². The minimum atomic E-state index is 0.728. The van der Waals surface area contributed by atoms with Gasteiger partial charge in [0, 0.05) is 0 Å². The number of fused-ring (bicyclic) bond motifs is 1. The van der Waals surface area contributed by atoms with Gasteiger partial charge in [0.2, 0.25) is 0 Å². The van der Waals surface area contributed by atoms with E-state index in [1.807, 2.05) is 0 Å². The molecular formula is C12H9NS. The average Bonchev–Trinajstić information content (AvgIpc) is 2.95. The first-order chi connectivity index (χ1) is 6.88. The Morgan fingerprint density at radius 2 is 2.21 bits per heavy atom. The molecule has 0 bridgehead atoms. The van der Waals surface area contributed by atoms with Gasteiger partial charge >= 0.3 is 0 Å². The third-order valence-electron chi connectivity index (χ3n) is 2.74. The van der Waals surface area contributed by atoms with Gasteiger partial charge in [-0.25, -0.2) is 0 Å². The van der Waals surface area contributed by atoms with E-state index < -0.39 is 0 Å². The fourth-order valence-electron chi connectivity index (χ4n) is 1.84. The van der Waals surface area contributed by atoms with Crippen LogP contribution in [0, 0.1) is 11.3 Å². The second kappa shape index (κ2) is 2.83. The van der Waals surface area contributed by atoms with Crippen molar-refractivity contribution in [3.8, 4) is 6.07 Å². The Hall–Kier alpha value is -1.33. The van der Waals surface area contributed by atoms with E-state index >= 15 is 0 Å². The van der Waals surface area contributed by atoms with Gasteiger partial charge < -0.3 is 0 Å². The van der Waals surface area contributed by atoms with Crippen LogP contribution in [-0.4, -0.2) is 0 Å². The molecule has 1 aromatic carbocycles. The van der Waals surface area contributed by atoms with Crippen molar-refractivity contribution in [2.75, 3.05) is 0 Å². The maximum absolute atomic E-state index is 9.04. The van der Waals surface area contributed by atoms with E-state index in [0.29, 0.717) is 0 Å². The normalized spacial score (nSPS) is 15.6. The minimum Gasteiger partial charge on any atom is -0.192 e. The number of rotatable bonds is 1. The molecule has 0 saturated heterocycles. The molecule has 1 aromatic heterocycles. The van der Waals surface area contributed by atoms with Crippen LogP contribution in [0.25, 0.3) is 10.1 Å². The van der Waals surface area contributed by atoms with E-state index in [4.69, 9.17) is 5.26 Å². The Labute approximate surface area is 86.6 Å². The Morgan fingerprint density at radius 3 is 2.93 bits per heavy atom. The molecule has 1 aliphatic rings. The number of benzene rings is 1. The number of hydrogen-bond donors (Lipinski definition) is 0. The highest BCUT2D eigenvalue weighted by atomic mass is 32.1. The minimum absolute atomic E-state index is 0.728. The van der Waals surface area contributed by atoms with E-state index in [0.717, 1.165) is 16.2 Å². The number of nitriles is 1. The van der Waals surface area contributed by atoms with E-state index in [1.54, 1.807) is 11.3 Å². The van der Waals surface area contributed by atoms with Crippen LogP contribution in [-0.2, 0) is 0 Å². The molecule has 0 spiro atoms. The van der Waals surface area contributed by atoms with Gasteiger partial charge in [-0.3, -0.25) is 0 Å². The zero-order chi connectivity index (χ0) is 9.54. The number of nitrogens with zero attached hydrogens (tertiary/aromatic N) is 1. The van der Waals surface area contributed by atoms with E-state index in [1.165, 1.54) is 23.8 Å². The third kappa shape index (κ3) is 1.13. The zero-order valence-corrected chi connectivity index (χ0v) is 8.47. The summed E-state index contributed by atoms with van der Waals surface area (Å²) < 4.78 is 1.14. The summed E-state index contributed by atoms with van der Waals surface area (Å²) in [5, 5.41) is 12.3. The van der Waals surface area contributed by atoms with Crippen LogP contribution in [0.1, 0.15) is 29.9 Å². The van der Waals surface area contributed by atoms with E-state index in [2.05, 4.69) is 29.6 Å². The SMILES string of the molecule is N#Cc1cc(C2CC2)cc2ccsc12. The molecule has 2 heteroatoms. The molecule has 0 atom stereocenters. The molecule has 1 aliphatic carbocycles. The van der Waals surface area contributed by atoms with Crippen LogP contribution in [0.15, 0.2) is 23.6 Å². The van der Waals surface area contributed by atoms with Gasteiger partial charge in [-0.2, -0.15) is 5.26 Å². The second-order valence-electron chi connectivity index (χ2n) is 3.79. The first-order valence-corrected chi connectivity index (χ1v) is 5.67. The molecule has 0 aliphatic heterocycles. The lowest BCUT2D eigenvalue weighted by atomic mass is 10.1. The van der Waals surface area contributed by atoms with Gasteiger partial charge in [0.05, 0.1) is 10.3 Å². The molecule has 1 nitrogen and oxygen atoms in total. The zero-order valence-electron chi connectivity index (χ0n) is 7.66. The van der Waals surface area contributed by atoms with Crippen molar-refractivity contribution in [2.45, 2.75) is 18.8 Å². The summed E-state index contributed by atoms with van der Waals surface area (Å²) in [6.07, 6.45) is 2.58. The van der Waals surface area contributed by atoms with Crippen molar-refractivity contribution < 1.29 is 0 Å². The third-order valence-corrected chi connectivity index (χ3v) is 3.71. The molecule has 0 radical (unpaired) electrons. The summed E-state index contributed by atoms with van der Waals surface area (Å²) >= 11 is 1.66. The van der Waals surface area contributed by atoms with Crippen LogP contribution < -0.4 is 0 Å². The van der Waals surface area contributed by atoms with E-state index in [9.17, 15) is 0 Å². The van der Waals surface area contributed by atoms with Crippen LogP contribution >= 0.6 is 11.3 Å². The Balaban J connectivity index is 2.30. The van der Waals surface area contributed by atoms with Crippen LogP contribution in [0.5, 0.6) is 0 Å². The van der Waals surface area contributed by atoms with Crippen LogP contribution in [0.4, 0.5) is 0 Å². The van der Waals surface area contributed by atoms with Crippen molar-refractivity contribution >= 4 is 21.4 Å². The predicted molar refractivity (Wildman–Crippen MR) is 58.5 cm³/mol. The summed E-state index contributed by atoms with van der Waals surface area (Å²) in [6.45, 7) is 0. The molecular weight excluding hydrogens is 190 g/mol. The maximum atomic E-state index is 9.04. The summed E-state index contributed by atoms with van der Waals surface area (Å²) in [5.74, 6) is 0.728. The highest BCUT2D eigenvalue weighted by molar-refractivity contribution is 7.17. The molecule has 14 heavy (non-hydrogen) atoms. The Bertz CT molecular complexity index is 529. The summed E-state index contributed by atoms with van der Waals surface area (Å²) in [5.41, 5.74) is 2.20. The van der Waals surface area contributed by atoms with Crippen LogP contribution in [0.3, 0.4) is 0 Å². The topological polar surface area (TPSA) is 23.8 Å². The van der Waals surface area contributed by atoms with Crippen molar-refractivity contribution in [3.63, 3.8) is 0 Å². The summed E-state index contributed by atoms with van der Waals surface area (Å²) in [7, 11) is 0. The monoisotopic (exact) mass is 199 g/mol. The molecule has 2 aromatic rings. The lowest BCUT2D eigenvalue weighted by molar-refractivity contribution is 1.13. The highest BCUT2D eigenvalue weighted by Crippen LogP contribution is 2.42. The fraction of sp³-hybridized carbons (Fsp3) is 0.250. The van der Waals surface area contributed by atoms with E-state index in [-0.39, 0.29) is 0 Å². The summed E-state index contributed by atoms with van der Waals surface area (Å²) in [4.78, 5) is 0. The molecule has 1 fully saturated rings. The lowest BCUT2D eigenvalue weighted by Crippen LogP contribution is -1.82. The Kier molecular flexibility index (Phi) is 1.62. The first kappa shape index (κ1) is 8.02. The maximum Gasteiger partial charge on any atom is 0.101 e. The quantitative estimate of drug-likeness (QED) is 0.687. The average molecular weight is 199 g/mol. The summed E-state index contributed by atoms with van der Waals surface area (Å²) in [6, 6.07) is 8.70. The molecule has 0 unspecified atom stereocenters. The molecule has 0 N–H and O–H groups in total. The molecule has 3 rings (SSSR count). The van der Waals surface area contributed by atoms with Crippen LogP contribution in [0.2, 0.25) is 0 Å². The molecule has 68 valence electrons. The van der Waals surface area contributed by atoms with Gasteiger partial charge in [-0.05, 0) is 53.3 Å². The highest BCUT2D eigenvalue weighted by Gasteiger charge is 2.24. The van der Waals surface area contributed by atoms with Gasteiger partial charge in [-0.1, -0.05) is 0 Å². The van der Waals surface area contributed by atoms with Crippen molar-refractivity contribution in [1.82, 2.24) is 0 Å². The van der Waals surface area contributed by atoms with Crippen molar-refractivity contribution in [1.29, 1.82) is 5.26 Å². The molecule has 1 heterocycles.